The highest BCUT2D eigenvalue weighted by molar-refractivity contribution is 5.38. The van der Waals surface area contributed by atoms with E-state index < -0.39 is 0 Å². The number of rotatable bonds is 2. The monoisotopic (exact) mass is 149 g/mol. The summed E-state index contributed by atoms with van der Waals surface area (Å²) < 4.78 is 5.35. The fourth-order valence-corrected chi connectivity index (χ4v) is 0.952. The Labute approximate surface area is 68.0 Å². The highest BCUT2D eigenvalue weighted by Gasteiger charge is 1.96. The van der Waals surface area contributed by atoms with Gasteiger partial charge in [0.25, 0.3) is 0 Å². The van der Waals surface area contributed by atoms with Crippen LogP contribution in [-0.4, -0.2) is 6.61 Å². The van der Waals surface area contributed by atoms with Gasteiger partial charge >= 0.3 is 0 Å². The topological polar surface area (TPSA) is 9.23 Å². The lowest BCUT2D eigenvalue weighted by atomic mass is 10.1. The summed E-state index contributed by atoms with van der Waals surface area (Å²) in [5.74, 6) is 0.896. The Morgan fingerprint density at radius 1 is 1.45 bits per heavy atom. The summed E-state index contributed by atoms with van der Waals surface area (Å²) in [6.45, 7) is 8.57. The van der Waals surface area contributed by atoms with E-state index in [4.69, 9.17) is 4.74 Å². The molecule has 0 bridgehead atoms. The zero-order chi connectivity index (χ0) is 8.27. The maximum atomic E-state index is 5.35. The molecule has 11 heavy (non-hydrogen) atoms. The maximum Gasteiger partial charge on any atom is 0.122 e. The van der Waals surface area contributed by atoms with Gasteiger partial charge in [0.2, 0.25) is 0 Å². The molecule has 1 heteroatoms. The van der Waals surface area contributed by atoms with Crippen molar-refractivity contribution in [3.8, 4) is 5.75 Å². The van der Waals surface area contributed by atoms with E-state index in [-0.39, 0.29) is 0 Å². The average Bonchev–Trinajstić information content (AvgIpc) is 1.98. The van der Waals surface area contributed by atoms with Crippen molar-refractivity contribution in [3.63, 3.8) is 0 Å². The Hall–Kier alpha value is -0.980. The van der Waals surface area contributed by atoms with Crippen LogP contribution in [0.1, 0.15) is 18.1 Å². The van der Waals surface area contributed by atoms with Gasteiger partial charge in [0.05, 0.1) is 6.61 Å². The van der Waals surface area contributed by atoms with E-state index in [1.165, 1.54) is 5.56 Å². The van der Waals surface area contributed by atoms with E-state index in [0.29, 0.717) is 6.61 Å². The van der Waals surface area contributed by atoms with Gasteiger partial charge in [-0.15, -0.1) is 0 Å². The normalized spacial score (nSPS) is 9.73. The smallest absolute Gasteiger partial charge is 0.122 e. The molecular formula is C10H13O. The Kier molecular flexibility index (Phi) is 2.53. The predicted molar refractivity (Wildman–Crippen MR) is 46.8 cm³/mol. The maximum absolute atomic E-state index is 5.35. The molecule has 0 saturated carbocycles. The van der Waals surface area contributed by atoms with Crippen LogP contribution >= 0.6 is 0 Å². The first-order valence-electron chi connectivity index (χ1n) is 3.79. The van der Waals surface area contributed by atoms with Crippen LogP contribution in [0.4, 0.5) is 0 Å². The number of aryl methyl sites for hydroxylation is 1. The summed E-state index contributed by atoms with van der Waals surface area (Å²) in [6.07, 6.45) is 0. The van der Waals surface area contributed by atoms with Gasteiger partial charge in [-0.2, -0.15) is 0 Å². The van der Waals surface area contributed by atoms with Gasteiger partial charge in [-0.3, -0.25) is 0 Å². The fraction of sp³-hybridized carbons (Fsp3) is 0.300. The quantitative estimate of drug-likeness (QED) is 0.628. The van der Waals surface area contributed by atoms with Crippen molar-refractivity contribution in [2.45, 2.75) is 13.8 Å². The van der Waals surface area contributed by atoms with E-state index in [9.17, 15) is 0 Å². The summed E-state index contributed by atoms with van der Waals surface area (Å²) >= 11 is 0. The predicted octanol–water partition coefficient (Wildman–Crippen LogP) is 2.58. The largest absolute Gasteiger partial charge is 0.494 e. The minimum atomic E-state index is 0.700. The first-order chi connectivity index (χ1) is 5.24. The third kappa shape index (κ3) is 1.97. The van der Waals surface area contributed by atoms with Crippen molar-refractivity contribution in [1.82, 2.24) is 0 Å². The first-order valence-corrected chi connectivity index (χ1v) is 3.79. The van der Waals surface area contributed by atoms with Crippen molar-refractivity contribution in [1.29, 1.82) is 0 Å². The van der Waals surface area contributed by atoms with Gasteiger partial charge in [0.1, 0.15) is 5.75 Å². The van der Waals surface area contributed by atoms with Crippen molar-refractivity contribution in [3.05, 3.63) is 36.2 Å². The lowest BCUT2D eigenvalue weighted by Crippen LogP contribution is -1.93. The minimum Gasteiger partial charge on any atom is -0.494 e. The zero-order valence-electron chi connectivity index (χ0n) is 7.05. The number of ether oxygens (including phenoxy) is 1. The van der Waals surface area contributed by atoms with E-state index in [1.54, 1.807) is 0 Å². The number of hydrogen-bond acceptors (Lipinski definition) is 1. The van der Waals surface area contributed by atoms with Crippen LogP contribution < -0.4 is 4.74 Å². The van der Waals surface area contributed by atoms with Gasteiger partial charge in [-0.1, -0.05) is 12.1 Å². The molecule has 0 N–H and O–H groups in total. The van der Waals surface area contributed by atoms with Gasteiger partial charge in [-0.05, 0) is 38.0 Å². The molecule has 0 unspecified atom stereocenters. The van der Waals surface area contributed by atoms with E-state index in [2.05, 4.69) is 6.92 Å². The molecule has 1 nitrogen and oxygen atoms in total. The third-order valence-corrected chi connectivity index (χ3v) is 1.52. The van der Waals surface area contributed by atoms with Crippen LogP contribution in [0.15, 0.2) is 18.2 Å². The van der Waals surface area contributed by atoms with Gasteiger partial charge in [0, 0.05) is 0 Å². The summed E-state index contributed by atoms with van der Waals surface area (Å²) in [7, 11) is 0. The molecule has 1 aromatic carbocycles. The molecule has 0 fully saturated rings. The molecule has 59 valence electrons. The molecule has 0 heterocycles. The van der Waals surface area contributed by atoms with Crippen molar-refractivity contribution in [2.75, 3.05) is 6.61 Å². The van der Waals surface area contributed by atoms with Crippen LogP contribution in [0.3, 0.4) is 0 Å². The molecule has 0 saturated heterocycles. The molecule has 1 rings (SSSR count). The lowest BCUT2D eigenvalue weighted by molar-refractivity contribution is 0.338. The molecule has 0 spiro atoms. The molecule has 0 aliphatic rings. The molecule has 1 radical (unpaired) electrons. The number of hydrogen-bond donors (Lipinski definition) is 0. The van der Waals surface area contributed by atoms with Gasteiger partial charge < -0.3 is 4.74 Å². The lowest BCUT2D eigenvalue weighted by Gasteiger charge is -2.06. The van der Waals surface area contributed by atoms with Crippen LogP contribution in [0.2, 0.25) is 0 Å². The van der Waals surface area contributed by atoms with Crippen LogP contribution in [0.25, 0.3) is 0 Å². The molecule has 0 aliphatic heterocycles. The third-order valence-electron chi connectivity index (χ3n) is 1.52. The summed E-state index contributed by atoms with van der Waals surface area (Å²) in [4.78, 5) is 0. The van der Waals surface area contributed by atoms with Crippen molar-refractivity contribution in [2.24, 2.45) is 0 Å². The van der Waals surface area contributed by atoms with Crippen molar-refractivity contribution >= 4 is 0 Å². The molecule has 0 amide bonds. The second kappa shape index (κ2) is 3.42. The molecular weight excluding hydrogens is 136 g/mol. The Bertz CT molecular complexity index is 241. The van der Waals surface area contributed by atoms with E-state index in [1.807, 2.05) is 32.0 Å². The average molecular weight is 149 g/mol. The van der Waals surface area contributed by atoms with E-state index in [0.717, 1.165) is 11.3 Å². The Balaban J connectivity index is 2.93. The highest BCUT2D eigenvalue weighted by Crippen LogP contribution is 2.18. The SMILES string of the molecule is [CH2]c1ccc(C)cc1OCC. The molecule has 0 aromatic heterocycles. The molecule has 0 aliphatic carbocycles. The van der Waals surface area contributed by atoms with Gasteiger partial charge in [-0.25, -0.2) is 0 Å². The number of benzene rings is 1. The standard InChI is InChI=1S/C10H13O/c1-4-11-10-7-8(2)5-6-9(10)3/h5-7H,3-4H2,1-2H3. The van der Waals surface area contributed by atoms with Crippen LogP contribution in [0, 0.1) is 13.8 Å². The van der Waals surface area contributed by atoms with Crippen LogP contribution in [0.5, 0.6) is 5.75 Å². The second-order valence-corrected chi connectivity index (χ2v) is 2.54. The molecule has 1 aromatic rings. The zero-order valence-corrected chi connectivity index (χ0v) is 7.05. The Morgan fingerprint density at radius 3 is 2.82 bits per heavy atom. The fourth-order valence-electron chi connectivity index (χ4n) is 0.952. The second-order valence-electron chi connectivity index (χ2n) is 2.54. The summed E-state index contributed by atoms with van der Waals surface area (Å²) in [5.41, 5.74) is 2.17. The minimum absolute atomic E-state index is 0.700. The molecule has 0 atom stereocenters. The Morgan fingerprint density at radius 2 is 2.18 bits per heavy atom. The van der Waals surface area contributed by atoms with Crippen molar-refractivity contribution < 1.29 is 4.74 Å². The van der Waals surface area contributed by atoms with Crippen LogP contribution in [-0.2, 0) is 0 Å². The van der Waals surface area contributed by atoms with E-state index >= 15 is 0 Å². The van der Waals surface area contributed by atoms with Gasteiger partial charge in [0.15, 0.2) is 0 Å². The highest BCUT2D eigenvalue weighted by atomic mass is 16.5. The summed E-state index contributed by atoms with van der Waals surface area (Å²) in [6, 6.07) is 6.01. The summed E-state index contributed by atoms with van der Waals surface area (Å²) in [5, 5.41) is 0. The first kappa shape index (κ1) is 8.12.